The van der Waals surface area contributed by atoms with Crippen molar-refractivity contribution in [3.8, 4) is 0 Å². The standard InChI is InChI=1S/C14H23BrN2O2S2/c1-9-5-4-6-12(10(9)2)17-21(18,19)13-7-11(8-16-3)20-14(13)15/h7,9-10,12,16-17H,4-6,8H2,1-3H3. The summed E-state index contributed by atoms with van der Waals surface area (Å²) in [5.74, 6) is 0.944. The molecule has 0 saturated heterocycles. The van der Waals surface area contributed by atoms with E-state index >= 15 is 0 Å². The summed E-state index contributed by atoms with van der Waals surface area (Å²) in [5.41, 5.74) is 0. The highest BCUT2D eigenvalue weighted by Crippen LogP contribution is 2.34. The molecule has 2 rings (SSSR count). The van der Waals surface area contributed by atoms with E-state index in [1.54, 1.807) is 6.07 Å². The molecule has 1 saturated carbocycles. The van der Waals surface area contributed by atoms with Crippen LogP contribution in [0.15, 0.2) is 14.7 Å². The third kappa shape index (κ3) is 4.07. The highest BCUT2D eigenvalue weighted by molar-refractivity contribution is 9.11. The van der Waals surface area contributed by atoms with Gasteiger partial charge in [0.15, 0.2) is 0 Å². The van der Waals surface area contributed by atoms with Crippen molar-refractivity contribution in [1.29, 1.82) is 0 Å². The van der Waals surface area contributed by atoms with E-state index < -0.39 is 10.0 Å². The van der Waals surface area contributed by atoms with Crippen LogP contribution in [0.1, 0.15) is 38.0 Å². The second-order valence-electron chi connectivity index (χ2n) is 5.88. The van der Waals surface area contributed by atoms with Crippen LogP contribution in [0.4, 0.5) is 0 Å². The second kappa shape index (κ2) is 7.08. The van der Waals surface area contributed by atoms with Crippen molar-refractivity contribution < 1.29 is 8.42 Å². The van der Waals surface area contributed by atoms with Crippen LogP contribution in [0.2, 0.25) is 0 Å². The molecule has 0 aromatic carbocycles. The van der Waals surface area contributed by atoms with Crippen LogP contribution in [0.3, 0.4) is 0 Å². The Hall–Kier alpha value is 0.0500. The molecule has 1 aromatic heterocycles. The Morgan fingerprint density at radius 2 is 2.10 bits per heavy atom. The number of hydrogen-bond acceptors (Lipinski definition) is 4. The molecule has 0 spiro atoms. The van der Waals surface area contributed by atoms with Crippen LogP contribution in [-0.2, 0) is 16.6 Å². The van der Waals surface area contributed by atoms with Gasteiger partial charge in [-0.3, -0.25) is 0 Å². The first kappa shape index (κ1) is 17.4. The lowest BCUT2D eigenvalue weighted by Gasteiger charge is -2.34. The third-order valence-corrected chi connectivity index (χ3v) is 8.10. The van der Waals surface area contributed by atoms with Gasteiger partial charge in [-0.1, -0.05) is 26.7 Å². The molecular weight excluding hydrogens is 372 g/mol. The fraction of sp³-hybridized carbons (Fsp3) is 0.714. The van der Waals surface area contributed by atoms with Crippen LogP contribution in [0.25, 0.3) is 0 Å². The minimum Gasteiger partial charge on any atom is -0.315 e. The molecule has 1 aromatic rings. The minimum absolute atomic E-state index is 0.0401. The van der Waals surface area contributed by atoms with Gasteiger partial charge < -0.3 is 5.32 Å². The molecule has 1 aliphatic rings. The molecule has 0 radical (unpaired) electrons. The highest BCUT2D eigenvalue weighted by Gasteiger charge is 2.32. The van der Waals surface area contributed by atoms with Gasteiger partial charge in [0.25, 0.3) is 0 Å². The summed E-state index contributed by atoms with van der Waals surface area (Å²) in [4.78, 5) is 1.37. The van der Waals surface area contributed by atoms with E-state index in [2.05, 4.69) is 39.8 Å². The van der Waals surface area contributed by atoms with Gasteiger partial charge in [-0.05, 0) is 47.3 Å². The van der Waals surface area contributed by atoms with E-state index in [1.807, 2.05) is 7.05 Å². The third-order valence-electron chi connectivity index (χ3n) is 4.36. The largest absolute Gasteiger partial charge is 0.315 e. The average Bonchev–Trinajstić information content (AvgIpc) is 2.77. The zero-order valence-corrected chi connectivity index (χ0v) is 15.9. The number of thiophene rings is 1. The monoisotopic (exact) mass is 394 g/mol. The lowest BCUT2D eigenvalue weighted by Crippen LogP contribution is -2.43. The van der Waals surface area contributed by atoms with E-state index in [0.717, 1.165) is 17.7 Å². The fourth-order valence-electron chi connectivity index (χ4n) is 2.85. The predicted molar refractivity (Wildman–Crippen MR) is 91.1 cm³/mol. The summed E-state index contributed by atoms with van der Waals surface area (Å²) in [6.45, 7) is 5.03. The van der Waals surface area contributed by atoms with Crippen LogP contribution in [0, 0.1) is 11.8 Å². The van der Waals surface area contributed by atoms with Crippen LogP contribution in [0.5, 0.6) is 0 Å². The van der Waals surface area contributed by atoms with Crippen molar-refractivity contribution in [1.82, 2.24) is 10.0 Å². The van der Waals surface area contributed by atoms with Gasteiger partial charge in [0.1, 0.15) is 4.90 Å². The van der Waals surface area contributed by atoms with Crippen molar-refractivity contribution >= 4 is 37.3 Å². The molecular formula is C14H23BrN2O2S2. The maximum absolute atomic E-state index is 12.6. The number of sulfonamides is 1. The molecule has 3 atom stereocenters. The molecule has 0 amide bonds. The summed E-state index contributed by atoms with van der Waals surface area (Å²) < 4.78 is 28.9. The minimum atomic E-state index is -3.46. The van der Waals surface area contributed by atoms with Gasteiger partial charge in [-0.15, -0.1) is 11.3 Å². The van der Waals surface area contributed by atoms with Gasteiger partial charge in [-0.25, -0.2) is 13.1 Å². The topological polar surface area (TPSA) is 58.2 Å². The van der Waals surface area contributed by atoms with Crippen molar-refractivity contribution in [3.63, 3.8) is 0 Å². The first-order valence-electron chi connectivity index (χ1n) is 7.30. The molecule has 120 valence electrons. The Balaban J connectivity index is 2.18. The zero-order valence-electron chi connectivity index (χ0n) is 12.6. The van der Waals surface area contributed by atoms with Gasteiger partial charge in [0.2, 0.25) is 10.0 Å². The maximum atomic E-state index is 12.6. The Kier molecular flexibility index (Phi) is 5.87. The van der Waals surface area contributed by atoms with Crippen molar-refractivity contribution in [2.24, 2.45) is 11.8 Å². The highest BCUT2D eigenvalue weighted by atomic mass is 79.9. The average molecular weight is 395 g/mol. The molecule has 4 nitrogen and oxygen atoms in total. The number of halogens is 1. The molecule has 2 N–H and O–H groups in total. The van der Waals surface area contributed by atoms with E-state index in [0.29, 0.717) is 27.1 Å². The lowest BCUT2D eigenvalue weighted by molar-refractivity contribution is 0.227. The lowest BCUT2D eigenvalue weighted by atomic mass is 9.78. The molecule has 0 aliphatic heterocycles. The normalized spacial score (nSPS) is 27.0. The summed E-state index contributed by atoms with van der Waals surface area (Å²) in [5, 5.41) is 3.04. The SMILES string of the molecule is CNCc1cc(S(=O)(=O)NC2CCCC(C)C2C)c(Br)s1. The van der Waals surface area contributed by atoms with Gasteiger partial charge >= 0.3 is 0 Å². The van der Waals surface area contributed by atoms with E-state index in [1.165, 1.54) is 17.8 Å². The fourth-order valence-corrected chi connectivity index (χ4v) is 6.91. The van der Waals surface area contributed by atoms with E-state index in [-0.39, 0.29) is 6.04 Å². The molecule has 0 bridgehead atoms. The summed E-state index contributed by atoms with van der Waals surface area (Å²) in [7, 11) is -1.61. The summed E-state index contributed by atoms with van der Waals surface area (Å²) >= 11 is 4.85. The van der Waals surface area contributed by atoms with Crippen LogP contribution >= 0.6 is 27.3 Å². The van der Waals surface area contributed by atoms with Crippen molar-refractivity contribution in [2.75, 3.05) is 7.05 Å². The quantitative estimate of drug-likeness (QED) is 0.804. The first-order valence-corrected chi connectivity index (χ1v) is 10.4. The van der Waals surface area contributed by atoms with Crippen molar-refractivity contribution in [2.45, 2.75) is 50.6 Å². The van der Waals surface area contributed by atoms with Crippen molar-refractivity contribution in [3.05, 3.63) is 14.7 Å². The molecule has 7 heteroatoms. The van der Waals surface area contributed by atoms with Crippen LogP contribution in [-0.4, -0.2) is 21.5 Å². The molecule has 1 heterocycles. The number of rotatable bonds is 5. The van der Waals surface area contributed by atoms with E-state index in [9.17, 15) is 8.42 Å². The van der Waals surface area contributed by atoms with Crippen LogP contribution < -0.4 is 10.0 Å². The van der Waals surface area contributed by atoms with Gasteiger partial charge in [0, 0.05) is 17.5 Å². The van der Waals surface area contributed by atoms with Gasteiger partial charge in [0.05, 0.1) is 3.79 Å². The smallest absolute Gasteiger partial charge is 0.242 e. The Bertz CT molecular complexity index is 586. The predicted octanol–water partition coefficient (Wildman–Crippen LogP) is 3.33. The van der Waals surface area contributed by atoms with E-state index in [4.69, 9.17) is 0 Å². The zero-order chi connectivity index (χ0) is 15.6. The molecule has 1 fully saturated rings. The Labute approximate surface area is 139 Å². The number of hydrogen-bond donors (Lipinski definition) is 2. The number of nitrogens with one attached hydrogen (secondary N) is 2. The molecule has 3 unspecified atom stereocenters. The molecule has 21 heavy (non-hydrogen) atoms. The maximum Gasteiger partial charge on any atom is 0.242 e. The second-order valence-corrected chi connectivity index (χ2v) is 10.0. The first-order chi connectivity index (χ1) is 9.85. The Morgan fingerprint density at radius 1 is 1.38 bits per heavy atom. The summed E-state index contributed by atoms with van der Waals surface area (Å²) in [6.07, 6.45) is 3.21. The Morgan fingerprint density at radius 3 is 2.76 bits per heavy atom. The van der Waals surface area contributed by atoms with Gasteiger partial charge in [-0.2, -0.15) is 0 Å². The summed E-state index contributed by atoms with van der Waals surface area (Å²) in [6, 6.07) is 1.79. The molecule has 1 aliphatic carbocycles.